The van der Waals surface area contributed by atoms with Crippen LogP contribution < -0.4 is 21.1 Å². The summed E-state index contributed by atoms with van der Waals surface area (Å²) >= 11 is 1.39. The molecular formula is C18H18FN5O3S. The minimum Gasteiger partial charge on any atom is -0.486 e. The number of aromatic nitrogens is 3. The highest BCUT2D eigenvalue weighted by Gasteiger charge is 2.11. The van der Waals surface area contributed by atoms with E-state index in [2.05, 4.69) is 10.2 Å². The number of carbonyl (C=O) groups excluding carboxylic acids is 1. The Kier molecular flexibility index (Phi) is 6.33. The van der Waals surface area contributed by atoms with E-state index >= 15 is 0 Å². The molecule has 4 N–H and O–H groups in total. The largest absolute Gasteiger partial charge is 0.486 e. The van der Waals surface area contributed by atoms with Gasteiger partial charge in [0.2, 0.25) is 5.16 Å². The van der Waals surface area contributed by atoms with E-state index in [9.17, 15) is 9.18 Å². The van der Waals surface area contributed by atoms with Gasteiger partial charge in [-0.25, -0.2) is 9.07 Å². The first-order valence-corrected chi connectivity index (χ1v) is 9.20. The lowest BCUT2D eigenvalue weighted by Gasteiger charge is -2.07. The minimum absolute atomic E-state index is 0.103. The van der Waals surface area contributed by atoms with Gasteiger partial charge in [0.1, 0.15) is 23.9 Å². The Morgan fingerprint density at radius 2 is 1.89 bits per heavy atom. The molecule has 3 rings (SSSR count). The Labute approximate surface area is 164 Å². The van der Waals surface area contributed by atoms with E-state index in [1.807, 2.05) is 18.2 Å². The molecule has 0 bridgehead atoms. The highest BCUT2D eigenvalue weighted by Crippen LogP contribution is 2.23. The Balaban J connectivity index is 1.56. The van der Waals surface area contributed by atoms with Crippen molar-refractivity contribution in [3.05, 3.63) is 65.7 Å². The second-order valence-electron chi connectivity index (χ2n) is 5.70. The number of primary amides is 1. The van der Waals surface area contributed by atoms with Crippen molar-refractivity contribution in [2.75, 3.05) is 12.4 Å². The fourth-order valence-corrected chi connectivity index (χ4v) is 3.03. The Hall–Kier alpha value is -3.27. The van der Waals surface area contributed by atoms with Crippen molar-refractivity contribution in [3.63, 3.8) is 0 Å². The Bertz CT molecular complexity index is 949. The van der Waals surface area contributed by atoms with Crippen LogP contribution in [0.3, 0.4) is 0 Å². The van der Waals surface area contributed by atoms with Gasteiger partial charge in [0.25, 0.3) is 5.91 Å². The van der Waals surface area contributed by atoms with E-state index in [-0.39, 0.29) is 19.0 Å². The van der Waals surface area contributed by atoms with Crippen molar-refractivity contribution in [3.8, 4) is 11.5 Å². The summed E-state index contributed by atoms with van der Waals surface area (Å²) in [5, 5.41) is 8.59. The Morgan fingerprint density at radius 1 is 1.11 bits per heavy atom. The maximum atomic E-state index is 12.9. The molecule has 0 unspecified atom stereocenters. The summed E-state index contributed by atoms with van der Waals surface area (Å²) in [6.07, 6.45) is 0. The standard InChI is InChI=1S/C18H18FN5O3S/c19-13-4-6-14(7-5-13)27-10-17-22-23-18(24(17)21)28-11-12-2-1-3-15(8-12)26-9-16(20)25/h1-8H,9-11,21H2,(H2,20,25). The summed E-state index contributed by atoms with van der Waals surface area (Å²) in [4.78, 5) is 10.8. The number of ether oxygens (including phenoxy) is 2. The molecule has 0 aliphatic rings. The number of nitrogens with zero attached hydrogens (tertiary/aromatic N) is 3. The maximum absolute atomic E-state index is 12.9. The topological polar surface area (TPSA) is 118 Å². The molecule has 0 saturated carbocycles. The summed E-state index contributed by atoms with van der Waals surface area (Å²) < 4.78 is 25.1. The third kappa shape index (κ3) is 5.36. The van der Waals surface area contributed by atoms with Gasteiger partial charge in [-0.3, -0.25) is 4.79 Å². The molecule has 1 heterocycles. The van der Waals surface area contributed by atoms with Crippen LogP contribution in [-0.2, 0) is 17.2 Å². The fraction of sp³-hybridized carbons (Fsp3) is 0.167. The smallest absolute Gasteiger partial charge is 0.255 e. The minimum atomic E-state index is -0.536. The lowest BCUT2D eigenvalue weighted by molar-refractivity contribution is -0.119. The number of nitrogen functional groups attached to an aromatic ring is 1. The monoisotopic (exact) mass is 403 g/mol. The Morgan fingerprint density at radius 3 is 2.64 bits per heavy atom. The highest BCUT2D eigenvalue weighted by molar-refractivity contribution is 7.98. The van der Waals surface area contributed by atoms with E-state index in [4.69, 9.17) is 21.1 Å². The molecule has 1 aromatic heterocycles. The van der Waals surface area contributed by atoms with E-state index in [1.54, 1.807) is 6.07 Å². The predicted molar refractivity (Wildman–Crippen MR) is 102 cm³/mol. The molecule has 0 atom stereocenters. The fourth-order valence-electron chi connectivity index (χ4n) is 2.21. The first-order valence-electron chi connectivity index (χ1n) is 8.22. The average molecular weight is 403 g/mol. The summed E-state index contributed by atoms with van der Waals surface area (Å²) in [6, 6.07) is 13.0. The van der Waals surface area contributed by atoms with Crippen LogP contribution in [0.2, 0.25) is 0 Å². The molecule has 8 nitrogen and oxygen atoms in total. The summed E-state index contributed by atoms with van der Waals surface area (Å²) in [7, 11) is 0. The van der Waals surface area contributed by atoms with Crippen molar-refractivity contribution in [1.29, 1.82) is 0 Å². The van der Waals surface area contributed by atoms with Crippen molar-refractivity contribution in [2.24, 2.45) is 5.73 Å². The normalized spacial score (nSPS) is 10.6. The molecule has 0 radical (unpaired) electrons. The van der Waals surface area contributed by atoms with Crippen LogP contribution in [0.1, 0.15) is 11.4 Å². The number of thioether (sulfide) groups is 1. The number of hydrogen-bond donors (Lipinski definition) is 2. The van der Waals surface area contributed by atoms with E-state index in [1.165, 1.54) is 40.7 Å². The van der Waals surface area contributed by atoms with E-state index in [0.717, 1.165) is 5.56 Å². The second-order valence-corrected chi connectivity index (χ2v) is 6.64. The van der Waals surface area contributed by atoms with Crippen LogP contribution in [-0.4, -0.2) is 27.4 Å². The first kappa shape index (κ1) is 19.5. The summed E-state index contributed by atoms with van der Waals surface area (Å²) in [6.45, 7) is -0.0722. The summed E-state index contributed by atoms with van der Waals surface area (Å²) in [5.74, 6) is 7.22. The number of carbonyl (C=O) groups is 1. The molecular weight excluding hydrogens is 385 g/mol. The molecule has 146 valence electrons. The number of rotatable bonds is 9. The van der Waals surface area contributed by atoms with Crippen molar-refractivity contribution < 1.29 is 18.7 Å². The zero-order valence-electron chi connectivity index (χ0n) is 14.7. The molecule has 3 aromatic rings. The van der Waals surface area contributed by atoms with Crippen LogP contribution in [0.25, 0.3) is 0 Å². The lowest BCUT2D eigenvalue weighted by Crippen LogP contribution is -2.20. The van der Waals surface area contributed by atoms with Crippen LogP contribution in [0.4, 0.5) is 4.39 Å². The predicted octanol–water partition coefficient (Wildman–Crippen LogP) is 1.87. The third-order valence-corrected chi connectivity index (χ3v) is 4.58. The molecule has 28 heavy (non-hydrogen) atoms. The lowest BCUT2D eigenvalue weighted by atomic mass is 10.2. The van der Waals surface area contributed by atoms with E-state index < -0.39 is 5.91 Å². The number of benzene rings is 2. The van der Waals surface area contributed by atoms with Gasteiger partial charge in [0.05, 0.1) is 0 Å². The second kappa shape index (κ2) is 9.09. The molecule has 10 heteroatoms. The molecule has 1 amide bonds. The zero-order chi connectivity index (χ0) is 19.9. The number of hydrogen-bond acceptors (Lipinski definition) is 7. The number of amides is 1. The van der Waals surface area contributed by atoms with Gasteiger partial charge in [-0.15, -0.1) is 10.2 Å². The molecule has 0 spiro atoms. The maximum Gasteiger partial charge on any atom is 0.255 e. The van der Waals surface area contributed by atoms with Crippen molar-refractivity contribution >= 4 is 17.7 Å². The van der Waals surface area contributed by atoms with Gasteiger partial charge in [-0.2, -0.15) is 0 Å². The first-order chi connectivity index (χ1) is 13.5. The van der Waals surface area contributed by atoms with Gasteiger partial charge in [-0.1, -0.05) is 23.9 Å². The van der Waals surface area contributed by atoms with Crippen LogP contribution in [0.15, 0.2) is 53.7 Å². The number of halogens is 1. The molecule has 0 fully saturated rings. The number of nitrogens with two attached hydrogens (primary N) is 2. The third-order valence-electron chi connectivity index (χ3n) is 3.56. The average Bonchev–Trinajstić information content (AvgIpc) is 3.04. The summed E-state index contributed by atoms with van der Waals surface area (Å²) in [5.41, 5.74) is 6.03. The van der Waals surface area contributed by atoms with Gasteiger partial charge < -0.3 is 21.1 Å². The van der Waals surface area contributed by atoms with Gasteiger partial charge in [0.15, 0.2) is 12.4 Å². The highest BCUT2D eigenvalue weighted by atomic mass is 32.2. The van der Waals surface area contributed by atoms with Crippen molar-refractivity contribution in [2.45, 2.75) is 17.5 Å². The zero-order valence-corrected chi connectivity index (χ0v) is 15.6. The van der Waals surface area contributed by atoms with Gasteiger partial charge >= 0.3 is 0 Å². The van der Waals surface area contributed by atoms with Crippen LogP contribution in [0, 0.1) is 5.82 Å². The van der Waals surface area contributed by atoms with Crippen molar-refractivity contribution in [1.82, 2.24) is 14.9 Å². The quantitative estimate of drug-likeness (QED) is 0.413. The molecule has 0 aliphatic carbocycles. The molecule has 0 saturated heterocycles. The van der Waals surface area contributed by atoms with Crippen LogP contribution >= 0.6 is 11.8 Å². The van der Waals surface area contributed by atoms with Gasteiger partial charge in [-0.05, 0) is 42.0 Å². The van der Waals surface area contributed by atoms with Crippen LogP contribution in [0.5, 0.6) is 11.5 Å². The molecule has 2 aromatic carbocycles. The van der Waals surface area contributed by atoms with E-state index in [0.29, 0.717) is 28.2 Å². The SMILES string of the molecule is NC(=O)COc1cccc(CSc2nnc(COc3ccc(F)cc3)n2N)c1. The van der Waals surface area contributed by atoms with Gasteiger partial charge in [0, 0.05) is 5.75 Å². The molecule has 0 aliphatic heterocycles.